The number of nitrogens with zero attached hydrogens (tertiary/aromatic N) is 6. The molecule has 0 spiro atoms. The second kappa shape index (κ2) is 5.49. The van der Waals surface area contributed by atoms with Gasteiger partial charge >= 0.3 is 0 Å². The fourth-order valence-electron chi connectivity index (χ4n) is 2.90. The summed E-state index contributed by atoms with van der Waals surface area (Å²) in [6.45, 7) is 5.40. The molecule has 0 saturated carbocycles. The zero-order valence-corrected chi connectivity index (χ0v) is 12.9. The minimum atomic E-state index is -0.200. The first-order valence-corrected chi connectivity index (χ1v) is 7.65. The summed E-state index contributed by atoms with van der Waals surface area (Å²) in [6, 6.07) is 10.6. The van der Waals surface area contributed by atoms with E-state index < -0.39 is 0 Å². The Kier molecular flexibility index (Phi) is 3.33. The van der Waals surface area contributed by atoms with Crippen LogP contribution in [0.2, 0.25) is 0 Å². The van der Waals surface area contributed by atoms with Gasteiger partial charge in [-0.25, -0.2) is 4.39 Å². The topological polar surface area (TPSA) is 49.6 Å². The smallest absolute Gasteiger partial charge is 0.178 e. The molecule has 118 valence electrons. The van der Waals surface area contributed by atoms with Crippen LogP contribution in [0.15, 0.2) is 36.4 Å². The summed E-state index contributed by atoms with van der Waals surface area (Å²) in [5.41, 5.74) is 1.82. The molecule has 1 aliphatic heterocycles. The van der Waals surface area contributed by atoms with Gasteiger partial charge < -0.3 is 9.80 Å². The van der Waals surface area contributed by atoms with Gasteiger partial charge in [-0.15, -0.1) is 15.3 Å². The molecule has 0 aliphatic carbocycles. The fraction of sp³-hybridized carbons (Fsp3) is 0.312. The first-order chi connectivity index (χ1) is 11.2. The van der Waals surface area contributed by atoms with Crippen LogP contribution in [0, 0.1) is 12.7 Å². The van der Waals surface area contributed by atoms with Crippen molar-refractivity contribution in [3.05, 3.63) is 48.0 Å². The van der Waals surface area contributed by atoms with E-state index in [1.807, 2.05) is 31.2 Å². The van der Waals surface area contributed by atoms with Gasteiger partial charge in [-0.3, -0.25) is 0 Å². The molecule has 0 amide bonds. The molecule has 1 aliphatic rings. The quantitative estimate of drug-likeness (QED) is 0.723. The van der Waals surface area contributed by atoms with Crippen molar-refractivity contribution in [2.45, 2.75) is 6.92 Å². The lowest BCUT2D eigenvalue weighted by atomic mass is 10.2. The molecule has 23 heavy (non-hydrogen) atoms. The Morgan fingerprint density at radius 3 is 2.30 bits per heavy atom. The fourth-order valence-corrected chi connectivity index (χ4v) is 2.90. The van der Waals surface area contributed by atoms with Crippen molar-refractivity contribution in [2.75, 3.05) is 36.0 Å². The van der Waals surface area contributed by atoms with Gasteiger partial charge in [0.05, 0.1) is 0 Å². The van der Waals surface area contributed by atoms with E-state index in [1.165, 1.54) is 12.1 Å². The maximum atomic E-state index is 13.0. The number of fused-ring (bicyclic) bond motifs is 1. The molecule has 7 heteroatoms. The SMILES string of the molecule is Cc1nnc2ccc(N3CCN(c4ccc(F)cc4)CC3)nn12. The van der Waals surface area contributed by atoms with Crippen LogP contribution in [0.3, 0.4) is 0 Å². The summed E-state index contributed by atoms with van der Waals surface area (Å²) in [5.74, 6) is 1.51. The van der Waals surface area contributed by atoms with Gasteiger partial charge in [0.1, 0.15) is 11.6 Å². The van der Waals surface area contributed by atoms with E-state index in [9.17, 15) is 4.39 Å². The number of rotatable bonds is 2. The molecular formula is C16H17FN6. The van der Waals surface area contributed by atoms with Crippen LogP contribution in [0.5, 0.6) is 0 Å². The monoisotopic (exact) mass is 312 g/mol. The molecule has 1 aromatic carbocycles. The molecule has 6 nitrogen and oxygen atoms in total. The highest BCUT2D eigenvalue weighted by atomic mass is 19.1. The largest absolute Gasteiger partial charge is 0.368 e. The first kappa shape index (κ1) is 13.9. The molecule has 0 N–H and O–H groups in total. The summed E-state index contributed by atoms with van der Waals surface area (Å²) >= 11 is 0. The van der Waals surface area contributed by atoms with Crippen LogP contribution < -0.4 is 9.80 Å². The summed E-state index contributed by atoms with van der Waals surface area (Å²) in [6.07, 6.45) is 0. The van der Waals surface area contributed by atoms with Crippen LogP contribution in [0.25, 0.3) is 5.65 Å². The zero-order valence-electron chi connectivity index (χ0n) is 12.9. The van der Waals surface area contributed by atoms with Gasteiger partial charge in [0, 0.05) is 31.9 Å². The van der Waals surface area contributed by atoms with Gasteiger partial charge in [0.25, 0.3) is 0 Å². The molecule has 1 fully saturated rings. The Morgan fingerprint density at radius 2 is 1.57 bits per heavy atom. The predicted molar refractivity (Wildman–Crippen MR) is 86.3 cm³/mol. The predicted octanol–water partition coefficient (Wildman–Crippen LogP) is 1.90. The van der Waals surface area contributed by atoms with E-state index in [2.05, 4.69) is 25.1 Å². The van der Waals surface area contributed by atoms with Crippen LogP contribution in [-0.2, 0) is 0 Å². The maximum absolute atomic E-state index is 13.0. The normalized spacial score (nSPS) is 15.4. The molecular weight excluding hydrogens is 295 g/mol. The number of piperazine rings is 1. The number of anilines is 2. The van der Waals surface area contributed by atoms with E-state index in [0.29, 0.717) is 0 Å². The number of benzene rings is 1. The van der Waals surface area contributed by atoms with Crippen LogP contribution >= 0.6 is 0 Å². The molecule has 3 heterocycles. The van der Waals surface area contributed by atoms with E-state index >= 15 is 0 Å². The molecule has 0 atom stereocenters. The highest BCUT2D eigenvalue weighted by molar-refractivity contribution is 5.50. The number of aryl methyl sites for hydroxylation is 1. The lowest BCUT2D eigenvalue weighted by molar-refractivity contribution is 0.623. The summed E-state index contributed by atoms with van der Waals surface area (Å²) in [7, 11) is 0. The van der Waals surface area contributed by atoms with E-state index in [1.54, 1.807) is 4.52 Å². The third-order valence-electron chi connectivity index (χ3n) is 4.20. The Balaban J connectivity index is 1.49. The van der Waals surface area contributed by atoms with Crippen molar-refractivity contribution < 1.29 is 4.39 Å². The average Bonchev–Trinajstić information content (AvgIpc) is 2.96. The van der Waals surface area contributed by atoms with Gasteiger partial charge in [0.15, 0.2) is 11.5 Å². The van der Waals surface area contributed by atoms with Crippen molar-refractivity contribution in [1.82, 2.24) is 19.8 Å². The zero-order chi connectivity index (χ0) is 15.8. The Hall–Kier alpha value is -2.70. The standard InChI is InChI=1S/C16H17FN6/c1-12-18-19-15-6-7-16(20-23(12)15)22-10-8-21(9-11-22)14-4-2-13(17)3-5-14/h2-7H,8-11H2,1H3. The highest BCUT2D eigenvalue weighted by Gasteiger charge is 2.19. The minimum Gasteiger partial charge on any atom is -0.368 e. The summed E-state index contributed by atoms with van der Waals surface area (Å²) in [5, 5.41) is 12.7. The molecule has 0 unspecified atom stereocenters. The summed E-state index contributed by atoms with van der Waals surface area (Å²) in [4.78, 5) is 4.51. The van der Waals surface area contributed by atoms with E-state index in [4.69, 9.17) is 0 Å². The Morgan fingerprint density at radius 1 is 0.870 bits per heavy atom. The molecule has 1 saturated heterocycles. The molecule has 0 radical (unpaired) electrons. The van der Waals surface area contributed by atoms with E-state index in [0.717, 1.165) is 49.2 Å². The number of hydrogen-bond donors (Lipinski definition) is 0. The van der Waals surface area contributed by atoms with Crippen molar-refractivity contribution in [1.29, 1.82) is 0 Å². The van der Waals surface area contributed by atoms with Crippen molar-refractivity contribution in [3.8, 4) is 0 Å². The average molecular weight is 312 g/mol. The van der Waals surface area contributed by atoms with Crippen LogP contribution in [0.1, 0.15) is 5.82 Å². The second-order valence-corrected chi connectivity index (χ2v) is 5.66. The molecule has 4 rings (SSSR count). The Bertz CT molecular complexity index is 820. The number of aromatic nitrogens is 4. The minimum absolute atomic E-state index is 0.200. The van der Waals surface area contributed by atoms with Gasteiger partial charge in [0.2, 0.25) is 0 Å². The maximum Gasteiger partial charge on any atom is 0.178 e. The van der Waals surface area contributed by atoms with E-state index in [-0.39, 0.29) is 5.82 Å². The van der Waals surface area contributed by atoms with Crippen molar-refractivity contribution in [2.24, 2.45) is 0 Å². The Labute approximate surface area is 133 Å². The molecule has 3 aromatic rings. The van der Waals surface area contributed by atoms with Gasteiger partial charge in [-0.2, -0.15) is 4.52 Å². The molecule has 2 aromatic heterocycles. The number of halogens is 1. The molecule has 0 bridgehead atoms. The van der Waals surface area contributed by atoms with Gasteiger partial charge in [-0.05, 0) is 43.3 Å². The third kappa shape index (κ3) is 2.58. The lowest BCUT2D eigenvalue weighted by Gasteiger charge is -2.36. The number of hydrogen-bond acceptors (Lipinski definition) is 5. The summed E-state index contributed by atoms with van der Waals surface area (Å²) < 4.78 is 14.8. The van der Waals surface area contributed by atoms with Gasteiger partial charge in [-0.1, -0.05) is 0 Å². The highest BCUT2D eigenvalue weighted by Crippen LogP contribution is 2.20. The van der Waals surface area contributed by atoms with Crippen molar-refractivity contribution in [3.63, 3.8) is 0 Å². The lowest BCUT2D eigenvalue weighted by Crippen LogP contribution is -2.47. The van der Waals surface area contributed by atoms with Crippen molar-refractivity contribution >= 4 is 17.2 Å². The third-order valence-corrected chi connectivity index (χ3v) is 4.20. The van der Waals surface area contributed by atoms with Crippen LogP contribution in [-0.4, -0.2) is 46.0 Å². The second-order valence-electron chi connectivity index (χ2n) is 5.66. The van der Waals surface area contributed by atoms with Crippen LogP contribution in [0.4, 0.5) is 15.9 Å². The first-order valence-electron chi connectivity index (χ1n) is 7.65.